The molecule has 56 heavy (non-hydrogen) atoms. The van der Waals surface area contributed by atoms with Gasteiger partial charge in [0.2, 0.25) is 0 Å². The molecular formula is C52H43BN2S. The fraction of sp³-hybridized carbons (Fsp3) is 0.192. The molecule has 0 N–H and O–H groups in total. The van der Waals surface area contributed by atoms with E-state index in [0.717, 1.165) is 6.42 Å². The first kappa shape index (κ1) is 32.6. The van der Waals surface area contributed by atoms with Crippen molar-refractivity contribution in [1.82, 2.24) is 0 Å². The molecule has 0 radical (unpaired) electrons. The van der Waals surface area contributed by atoms with Crippen LogP contribution in [0.5, 0.6) is 0 Å². The molecule has 7 aromatic carbocycles. The van der Waals surface area contributed by atoms with Crippen LogP contribution < -0.4 is 20.6 Å². The average Bonchev–Trinajstić information content (AvgIpc) is 3.71. The third-order valence-electron chi connectivity index (χ3n) is 13.8. The molecule has 8 aromatic rings. The normalized spacial score (nSPS) is 16.0. The highest BCUT2D eigenvalue weighted by molar-refractivity contribution is 7.26. The molecule has 4 heterocycles. The maximum Gasteiger partial charge on any atom is 0.333 e. The summed E-state index contributed by atoms with van der Waals surface area (Å²) in [6.45, 7) is 12.0. The Kier molecular flexibility index (Phi) is 6.57. The van der Waals surface area contributed by atoms with Gasteiger partial charge in [0, 0.05) is 59.3 Å². The van der Waals surface area contributed by atoms with Crippen LogP contribution in [-0.4, -0.2) is 6.85 Å². The fourth-order valence-corrected chi connectivity index (χ4v) is 12.3. The lowest BCUT2D eigenvalue weighted by atomic mass is 9.42. The third kappa shape index (κ3) is 4.03. The van der Waals surface area contributed by atoms with Gasteiger partial charge in [0.1, 0.15) is 0 Å². The maximum atomic E-state index is 2.76. The second-order valence-corrected chi connectivity index (χ2v) is 18.6. The maximum absolute atomic E-state index is 2.76. The molecule has 0 amide bonds. The molecular weight excluding hydrogens is 695 g/mol. The summed E-state index contributed by atoms with van der Waals surface area (Å²) in [5.74, 6) is 0. The number of para-hydroxylation sites is 2. The van der Waals surface area contributed by atoms with E-state index in [1.54, 1.807) is 0 Å². The van der Waals surface area contributed by atoms with Crippen LogP contribution in [0.4, 0.5) is 28.4 Å². The number of fused-ring (bicyclic) bond motifs is 14. The highest BCUT2D eigenvalue weighted by Gasteiger charge is 2.52. The Morgan fingerprint density at radius 2 is 1.36 bits per heavy atom. The van der Waals surface area contributed by atoms with Gasteiger partial charge in [-0.1, -0.05) is 138 Å². The number of unbranched alkanes of at least 4 members (excludes halogenated alkanes) is 1. The van der Waals surface area contributed by atoms with Crippen molar-refractivity contribution < 1.29 is 0 Å². The van der Waals surface area contributed by atoms with Crippen LogP contribution in [0, 0.1) is 0 Å². The number of hydrogen-bond donors (Lipinski definition) is 0. The predicted molar refractivity (Wildman–Crippen MR) is 241 cm³/mol. The number of hydrogen-bond acceptors (Lipinski definition) is 3. The lowest BCUT2D eigenvalue weighted by molar-refractivity contribution is 0.632. The Morgan fingerprint density at radius 3 is 2.20 bits per heavy atom. The van der Waals surface area contributed by atoms with E-state index in [1.807, 2.05) is 11.3 Å². The Balaban J connectivity index is 1.28. The molecule has 3 aliphatic heterocycles. The van der Waals surface area contributed by atoms with Gasteiger partial charge in [-0.2, -0.15) is 0 Å². The zero-order valence-electron chi connectivity index (χ0n) is 32.7. The molecule has 0 spiro atoms. The zero-order valence-corrected chi connectivity index (χ0v) is 33.5. The lowest BCUT2D eigenvalue weighted by Crippen LogP contribution is -2.63. The molecule has 4 heteroatoms. The van der Waals surface area contributed by atoms with Gasteiger partial charge in [0.15, 0.2) is 0 Å². The van der Waals surface area contributed by atoms with Gasteiger partial charge in [0.25, 0.3) is 0 Å². The molecule has 12 rings (SSSR count). The number of aryl methyl sites for hydroxylation is 1. The van der Waals surface area contributed by atoms with Crippen LogP contribution in [0.3, 0.4) is 0 Å². The van der Waals surface area contributed by atoms with Crippen LogP contribution in [0.25, 0.3) is 42.4 Å². The van der Waals surface area contributed by atoms with Crippen molar-refractivity contribution in [2.75, 3.05) is 9.71 Å². The Labute approximate surface area is 334 Å². The first-order valence-electron chi connectivity index (χ1n) is 20.5. The summed E-state index contributed by atoms with van der Waals surface area (Å²) in [4.78, 5) is 5.42. The van der Waals surface area contributed by atoms with Gasteiger partial charge in [0.05, 0.1) is 5.69 Å². The van der Waals surface area contributed by atoms with Crippen molar-refractivity contribution in [2.45, 2.75) is 64.7 Å². The molecule has 0 bridgehead atoms. The summed E-state index contributed by atoms with van der Waals surface area (Å²) in [6.07, 6.45) is 3.52. The summed E-state index contributed by atoms with van der Waals surface area (Å²) in [7, 11) is 0. The van der Waals surface area contributed by atoms with Gasteiger partial charge in [-0.15, -0.1) is 11.3 Å². The standard InChI is InChI=1S/C52H43BN2S/c1-6-7-15-31-24-26-32(27-25-31)55-49-35(28-29-44-45(49)34-17-9-13-23-43(34)56-44)46-47-36(33-16-8-10-18-37(33)52(47,4)5)30-42-48(46)53(55)40-21-14-20-39-50(40)54(42)41-22-12-11-19-38(41)51(39,2)3/h8-14,16-30H,6-7,15H2,1-5H3. The Morgan fingerprint density at radius 1 is 0.607 bits per heavy atom. The Hall–Kier alpha value is -5.58. The monoisotopic (exact) mass is 738 g/mol. The minimum atomic E-state index is -0.184. The number of nitrogens with zero attached hydrogens (tertiary/aromatic N) is 2. The van der Waals surface area contributed by atoms with Crippen molar-refractivity contribution in [3.8, 4) is 22.3 Å². The summed E-state index contributed by atoms with van der Waals surface area (Å²) >= 11 is 1.92. The summed E-state index contributed by atoms with van der Waals surface area (Å²) < 4.78 is 2.68. The van der Waals surface area contributed by atoms with E-state index >= 15 is 0 Å². The lowest BCUT2D eigenvalue weighted by Gasteiger charge is -2.51. The zero-order chi connectivity index (χ0) is 37.7. The molecule has 0 fully saturated rings. The molecule has 0 saturated heterocycles. The van der Waals surface area contributed by atoms with Crippen LogP contribution in [0.2, 0.25) is 0 Å². The van der Waals surface area contributed by atoms with Crippen molar-refractivity contribution in [1.29, 1.82) is 0 Å². The van der Waals surface area contributed by atoms with E-state index in [4.69, 9.17) is 0 Å². The van der Waals surface area contributed by atoms with Crippen LogP contribution in [0.15, 0.2) is 133 Å². The molecule has 0 unspecified atom stereocenters. The second kappa shape index (κ2) is 11.3. The number of thiophene rings is 1. The van der Waals surface area contributed by atoms with Crippen molar-refractivity contribution in [2.24, 2.45) is 0 Å². The topological polar surface area (TPSA) is 6.48 Å². The summed E-state index contributed by atoms with van der Waals surface area (Å²) in [6, 6.07) is 51.7. The minimum Gasteiger partial charge on any atom is -0.376 e. The number of rotatable bonds is 4. The van der Waals surface area contributed by atoms with Crippen molar-refractivity contribution >= 4 is 77.7 Å². The highest BCUT2D eigenvalue weighted by Crippen LogP contribution is 2.61. The van der Waals surface area contributed by atoms with Crippen molar-refractivity contribution in [3.05, 3.63) is 161 Å². The smallest absolute Gasteiger partial charge is 0.333 e. The number of benzene rings is 7. The van der Waals surface area contributed by atoms with Gasteiger partial charge in [-0.25, -0.2) is 0 Å². The van der Waals surface area contributed by atoms with Crippen molar-refractivity contribution in [3.63, 3.8) is 0 Å². The summed E-state index contributed by atoms with van der Waals surface area (Å²) in [5.41, 5.74) is 21.5. The molecule has 0 saturated carbocycles. The first-order chi connectivity index (χ1) is 27.3. The quantitative estimate of drug-likeness (QED) is 0.166. The van der Waals surface area contributed by atoms with E-state index in [1.165, 1.54) is 122 Å². The third-order valence-corrected chi connectivity index (χ3v) is 14.9. The van der Waals surface area contributed by atoms with E-state index < -0.39 is 0 Å². The molecule has 270 valence electrons. The van der Waals surface area contributed by atoms with Crippen LogP contribution >= 0.6 is 11.3 Å². The second-order valence-electron chi connectivity index (χ2n) is 17.5. The summed E-state index contributed by atoms with van der Waals surface area (Å²) in [5, 5.41) is 2.71. The largest absolute Gasteiger partial charge is 0.376 e. The molecule has 1 aromatic heterocycles. The van der Waals surface area contributed by atoms with E-state index in [-0.39, 0.29) is 17.7 Å². The fourth-order valence-electron chi connectivity index (χ4n) is 11.2. The van der Waals surface area contributed by atoms with Gasteiger partial charge < -0.3 is 9.71 Å². The molecule has 0 atom stereocenters. The van der Waals surface area contributed by atoms with E-state index in [2.05, 4.69) is 178 Å². The average molecular weight is 739 g/mol. The SMILES string of the molecule is CCCCc1ccc(N2B3c4cccc5c4N(c4ccccc4C5(C)C)c4cc5c(c(c43)-c3ccc4sc6ccccc6c4c32)C(C)(C)c2ccccc2-5)cc1. The predicted octanol–water partition coefficient (Wildman–Crippen LogP) is 13.1. The van der Waals surface area contributed by atoms with Gasteiger partial charge in [-0.05, 0) is 105 Å². The first-order valence-corrected chi connectivity index (χ1v) is 21.3. The van der Waals surface area contributed by atoms with Crippen LogP contribution in [-0.2, 0) is 17.3 Å². The number of anilines is 5. The van der Waals surface area contributed by atoms with E-state index in [9.17, 15) is 0 Å². The van der Waals surface area contributed by atoms with E-state index in [0.29, 0.717) is 0 Å². The minimum absolute atomic E-state index is 0.0321. The van der Waals surface area contributed by atoms with Gasteiger partial charge in [-0.3, -0.25) is 0 Å². The molecule has 4 aliphatic rings. The van der Waals surface area contributed by atoms with Gasteiger partial charge >= 0.3 is 6.85 Å². The Bertz CT molecular complexity index is 2990. The van der Waals surface area contributed by atoms with Crippen LogP contribution in [0.1, 0.15) is 75.3 Å². The molecule has 2 nitrogen and oxygen atoms in total. The molecule has 1 aliphatic carbocycles. The highest BCUT2D eigenvalue weighted by atomic mass is 32.1.